The van der Waals surface area contributed by atoms with Gasteiger partial charge in [0.15, 0.2) is 0 Å². The Kier molecular flexibility index (Phi) is 3.92. The first-order chi connectivity index (χ1) is 10.9. The summed E-state index contributed by atoms with van der Waals surface area (Å²) >= 11 is 1.48. The van der Waals surface area contributed by atoms with Crippen LogP contribution in [0, 0.1) is 0 Å². The Morgan fingerprint density at radius 2 is 1.78 bits per heavy atom. The average molecular weight is 351 g/mol. The normalized spacial score (nSPS) is 12.1. The molecule has 9 heteroatoms. The number of hydrogen-bond acceptors (Lipinski definition) is 5. The van der Waals surface area contributed by atoms with Crippen molar-refractivity contribution in [2.24, 2.45) is 0 Å². The average Bonchev–Trinajstić information content (AvgIpc) is 3.00. The molecule has 120 valence electrons. The van der Waals surface area contributed by atoms with Crippen LogP contribution in [0.2, 0.25) is 0 Å². The summed E-state index contributed by atoms with van der Waals surface area (Å²) in [4.78, 5) is 28.4. The number of hydrogen-bond donors (Lipinski definition) is 2. The molecule has 0 unspecified atom stereocenters. The zero-order valence-corrected chi connectivity index (χ0v) is 13.7. The minimum absolute atomic E-state index is 0.0479. The number of thiophene rings is 1. The zero-order chi connectivity index (χ0) is 16.6. The maximum absolute atomic E-state index is 12.6. The Balaban J connectivity index is 2.02. The predicted octanol–water partition coefficient (Wildman–Crippen LogP) is 1.10. The number of sulfonamides is 1. The molecule has 2 heterocycles. The molecule has 23 heavy (non-hydrogen) atoms. The number of aromatic amines is 2. The summed E-state index contributed by atoms with van der Waals surface area (Å²) in [6, 6.07) is 7.92. The summed E-state index contributed by atoms with van der Waals surface area (Å²) in [6.45, 7) is 0.264. The first-order valence-electron chi connectivity index (χ1n) is 6.63. The van der Waals surface area contributed by atoms with E-state index in [1.807, 2.05) is 17.5 Å². The lowest BCUT2D eigenvalue weighted by Gasteiger charge is -2.16. The zero-order valence-electron chi connectivity index (χ0n) is 12.1. The minimum Gasteiger partial charge on any atom is -0.316 e. The van der Waals surface area contributed by atoms with Crippen LogP contribution in [0.3, 0.4) is 0 Å². The van der Waals surface area contributed by atoms with Gasteiger partial charge in [-0.25, -0.2) is 8.42 Å². The van der Waals surface area contributed by atoms with Crippen molar-refractivity contribution in [2.75, 3.05) is 7.05 Å². The van der Waals surface area contributed by atoms with E-state index in [0.717, 1.165) is 4.88 Å². The van der Waals surface area contributed by atoms with Crippen molar-refractivity contribution in [3.8, 4) is 0 Å². The maximum atomic E-state index is 12.6. The van der Waals surface area contributed by atoms with Crippen molar-refractivity contribution < 1.29 is 8.42 Å². The fourth-order valence-corrected chi connectivity index (χ4v) is 4.16. The Morgan fingerprint density at radius 3 is 2.43 bits per heavy atom. The van der Waals surface area contributed by atoms with Gasteiger partial charge >= 0.3 is 11.1 Å². The molecule has 0 spiro atoms. The summed E-state index contributed by atoms with van der Waals surface area (Å²) in [6.07, 6.45) is 0. The van der Waals surface area contributed by atoms with Crippen LogP contribution in [-0.4, -0.2) is 29.7 Å². The van der Waals surface area contributed by atoms with Gasteiger partial charge in [-0.15, -0.1) is 11.3 Å². The van der Waals surface area contributed by atoms with E-state index in [9.17, 15) is 18.0 Å². The van der Waals surface area contributed by atoms with Crippen LogP contribution >= 0.6 is 11.3 Å². The SMILES string of the molecule is CN(Cc1cccs1)S(=O)(=O)c1ccc2[nH]c(=O)c(=O)[nH]c2c1. The molecule has 0 amide bonds. The van der Waals surface area contributed by atoms with Crippen LogP contribution in [0.4, 0.5) is 0 Å². The van der Waals surface area contributed by atoms with Crippen molar-refractivity contribution >= 4 is 32.4 Å². The van der Waals surface area contributed by atoms with Gasteiger partial charge in [0.2, 0.25) is 10.0 Å². The van der Waals surface area contributed by atoms with Gasteiger partial charge in [-0.05, 0) is 29.6 Å². The van der Waals surface area contributed by atoms with E-state index in [1.165, 1.54) is 40.9 Å². The quantitative estimate of drug-likeness (QED) is 0.687. The van der Waals surface area contributed by atoms with E-state index in [4.69, 9.17) is 0 Å². The van der Waals surface area contributed by atoms with Gasteiger partial charge in [0.05, 0.1) is 15.9 Å². The van der Waals surface area contributed by atoms with Gasteiger partial charge in [-0.3, -0.25) is 9.59 Å². The van der Waals surface area contributed by atoms with E-state index in [-0.39, 0.29) is 17.0 Å². The van der Waals surface area contributed by atoms with Gasteiger partial charge < -0.3 is 9.97 Å². The van der Waals surface area contributed by atoms with E-state index in [2.05, 4.69) is 9.97 Å². The Bertz CT molecular complexity index is 1070. The molecule has 0 aliphatic rings. The van der Waals surface area contributed by atoms with Gasteiger partial charge in [0.25, 0.3) is 0 Å². The smallest absolute Gasteiger partial charge is 0.314 e. The largest absolute Gasteiger partial charge is 0.316 e. The molecule has 2 N–H and O–H groups in total. The van der Waals surface area contributed by atoms with E-state index < -0.39 is 21.1 Å². The van der Waals surface area contributed by atoms with Crippen LogP contribution in [0.25, 0.3) is 11.0 Å². The summed E-state index contributed by atoms with van der Waals surface area (Å²) < 4.78 is 26.5. The number of H-pyrrole nitrogens is 2. The number of nitrogens with zero attached hydrogens (tertiary/aromatic N) is 1. The molecular formula is C14H13N3O4S2. The minimum atomic E-state index is -3.70. The molecule has 0 aliphatic heterocycles. The first kappa shape index (κ1) is 15.7. The van der Waals surface area contributed by atoms with Gasteiger partial charge in [-0.1, -0.05) is 6.07 Å². The lowest BCUT2D eigenvalue weighted by atomic mass is 10.3. The molecular weight excluding hydrogens is 338 g/mol. The van der Waals surface area contributed by atoms with Crippen molar-refractivity contribution in [1.29, 1.82) is 0 Å². The van der Waals surface area contributed by atoms with Crippen molar-refractivity contribution in [3.63, 3.8) is 0 Å². The van der Waals surface area contributed by atoms with Crippen molar-refractivity contribution in [3.05, 3.63) is 61.3 Å². The molecule has 0 saturated carbocycles. The highest BCUT2D eigenvalue weighted by Gasteiger charge is 2.21. The predicted molar refractivity (Wildman–Crippen MR) is 88.2 cm³/mol. The second-order valence-electron chi connectivity index (χ2n) is 4.96. The molecule has 0 aliphatic carbocycles. The summed E-state index contributed by atoms with van der Waals surface area (Å²) in [5.41, 5.74) is -0.962. The van der Waals surface area contributed by atoms with E-state index in [1.54, 1.807) is 0 Å². The Hall–Kier alpha value is -2.23. The third-order valence-corrected chi connectivity index (χ3v) is 6.02. The fraction of sp³-hybridized carbons (Fsp3) is 0.143. The van der Waals surface area contributed by atoms with Crippen LogP contribution in [0.1, 0.15) is 4.88 Å². The second kappa shape index (κ2) is 5.76. The van der Waals surface area contributed by atoms with Crippen LogP contribution < -0.4 is 11.1 Å². The number of rotatable bonds is 4. The number of nitrogens with one attached hydrogen (secondary N) is 2. The van der Waals surface area contributed by atoms with Crippen LogP contribution in [-0.2, 0) is 16.6 Å². The fourth-order valence-electron chi connectivity index (χ4n) is 2.14. The maximum Gasteiger partial charge on any atom is 0.314 e. The van der Waals surface area contributed by atoms with Crippen molar-refractivity contribution in [1.82, 2.24) is 14.3 Å². The van der Waals surface area contributed by atoms with E-state index >= 15 is 0 Å². The van der Waals surface area contributed by atoms with Crippen LogP contribution in [0.15, 0.2) is 50.2 Å². The molecule has 2 aromatic heterocycles. The standard InChI is InChI=1S/C14H13N3O4S2/c1-17(8-9-3-2-6-22-9)23(20,21)10-4-5-11-12(7-10)16-14(19)13(18)15-11/h2-7H,8H2,1H3,(H,15,18)(H,16,19). The van der Waals surface area contributed by atoms with E-state index in [0.29, 0.717) is 5.52 Å². The molecule has 1 aromatic carbocycles. The monoisotopic (exact) mass is 351 g/mol. The molecule has 0 saturated heterocycles. The van der Waals surface area contributed by atoms with Gasteiger partial charge in [0.1, 0.15) is 0 Å². The molecule has 0 fully saturated rings. The molecule has 0 radical (unpaired) electrons. The van der Waals surface area contributed by atoms with Gasteiger partial charge in [0, 0.05) is 18.5 Å². The third kappa shape index (κ3) is 2.98. The number of fused-ring (bicyclic) bond motifs is 1. The molecule has 3 rings (SSSR count). The summed E-state index contributed by atoms with van der Waals surface area (Å²) in [7, 11) is -2.21. The second-order valence-corrected chi connectivity index (χ2v) is 8.03. The molecule has 0 bridgehead atoms. The summed E-state index contributed by atoms with van der Waals surface area (Å²) in [5.74, 6) is 0. The third-order valence-electron chi connectivity index (χ3n) is 3.36. The highest BCUT2D eigenvalue weighted by molar-refractivity contribution is 7.89. The number of benzene rings is 1. The van der Waals surface area contributed by atoms with Gasteiger partial charge in [-0.2, -0.15) is 4.31 Å². The van der Waals surface area contributed by atoms with Crippen molar-refractivity contribution in [2.45, 2.75) is 11.4 Å². The Morgan fingerprint density at radius 1 is 1.09 bits per heavy atom. The number of aromatic nitrogens is 2. The van der Waals surface area contributed by atoms with Crippen LogP contribution in [0.5, 0.6) is 0 Å². The Labute approximate surface area is 135 Å². The lowest BCUT2D eigenvalue weighted by Crippen LogP contribution is -2.29. The summed E-state index contributed by atoms with van der Waals surface area (Å²) in [5, 5.41) is 1.88. The highest BCUT2D eigenvalue weighted by Crippen LogP contribution is 2.20. The lowest BCUT2D eigenvalue weighted by molar-refractivity contribution is 0.470. The highest BCUT2D eigenvalue weighted by atomic mass is 32.2. The molecule has 3 aromatic rings. The molecule has 0 atom stereocenters. The topological polar surface area (TPSA) is 103 Å². The first-order valence-corrected chi connectivity index (χ1v) is 8.95. The molecule has 7 nitrogen and oxygen atoms in total.